The van der Waals surface area contributed by atoms with Crippen molar-refractivity contribution in [1.82, 2.24) is 15.5 Å². The summed E-state index contributed by atoms with van der Waals surface area (Å²) < 4.78 is 5.38. The van der Waals surface area contributed by atoms with Gasteiger partial charge in [0.2, 0.25) is 11.8 Å². The van der Waals surface area contributed by atoms with Gasteiger partial charge in [0.1, 0.15) is 17.7 Å². The third-order valence-electron chi connectivity index (χ3n) is 5.72. The van der Waals surface area contributed by atoms with Crippen molar-refractivity contribution >= 4 is 30.5 Å². The Kier molecular flexibility index (Phi) is 13.5. The minimum absolute atomic E-state index is 0.0762. The van der Waals surface area contributed by atoms with Crippen molar-refractivity contribution in [2.24, 2.45) is 0 Å². The number of unbranched alkanes of at least 4 members (excludes halogenated alkanes) is 4. The van der Waals surface area contributed by atoms with Crippen LogP contribution in [0.15, 0.2) is 24.3 Å². The highest BCUT2D eigenvalue weighted by atomic mass is 32.1. The van der Waals surface area contributed by atoms with Gasteiger partial charge in [0.15, 0.2) is 0 Å². The highest BCUT2D eigenvalue weighted by Crippen LogP contribution is 2.25. The Morgan fingerprint density at radius 3 is 2.03 bits per heavy atom. The van der Waals surface area contributed by atoms with Crippen LogP contribution in [0.1, 0.15) is 105 Å². The molecule has 0 aliphatic rings. The third-order valence-corrected chi connectivity index (χ3v) is 6.08. The summed E-state index contributed by atoms with van der Waals surface area (Å²) in [4.78, 5) is 41.7. The average Bonchev–Trinajstić information content (AvgIpc) is 2.79. The van der Waals surface area contributed by atoms with E-state index in [2.05, 4.69) is 37.1 Å². The van der Waals surface area contributed by atoms with E-state index in [0.29, 0.717) is 6.54 Å². The number of alkyl carbamates (subject to hydrolysis) is 1. The van der Waals surface area contributed by atoms with Crippen LogP contribution in [-0.2, 0) is 20.7 Å². The van der Waals surface area contributed by atoms with E-state index in [1.165, 1.54) is 0 Å². The first-order valence-electron chi connectivity index (χ1n) is 13.5. The zero-order valence-electron chi connectivity index (χ0n) is 24.1. The van der Waals surface area contributed by atoms with Gasteiger partial charge in [-0.15, -0.1) is 0 Å². The van der Waals surface area contributed by atoms with E-state index in [1.807, 2.05) is 45.0 Å². The molecule has 8 heteroatoms. The molecule has 0 saturated heterocycles. The number of nitrogens with zero attached hydrogens (tertiary/aromatic N) is 1. The Bertz CT molecular complexity index is 859. The lowest BCUT2D eigenvalue weighted by molar-refractivity contribution is -0.142. The maximum atomic E-state index is 13.9. The first-order chi connectivity index (χ1) is 17.2. The van der Waals surface area contributed by atoms with E-state index in [4.69, 9.17) is 4.74 Å². The Labute approximate surface area is 229 Å². The summed E-state index contributed by atoms with van der Waals surface area (Å²) in [6.07, 6.45) is 5.19. The molecule has 7 nitrogen and oxygen atoms in total. The summed E-state index contributed by atoms with van der Waals surface area (Å²) in [5.74, 6) is -0.536. The fourth-order valence-corrected chi connectivity index (χ4v) is 4.18. The second kappa shape index (κ2) is 15.3. The summed E-state index contributed by atoms with van der Waals surface area (Å²) >= 11 is 4.36. The molecule has 1 rings (SSSR count). The fourth-order valence-electron chi connectivity index (χ4n) is 3.93. The zero-order chi connectivity index (χ0) is 28.2. The lowest BCUT2D eigenvalue weighted by Gasteiger charge is -2.36. The minimum Gasteiger partial charge on any atom is -0.444 e. The van der Waals surface area contributed by atoms with Crippen LogP contribution < -0.4 is 10.6 Å². The highest BCUT2D eigenvalue weighted by molar-refractivity contribution is 7.80. The number of aryl methyl sites for hydroxylation is 1. The number of nitrogens with one attached hydrogen (secondary N) is 2. The second-order valence-corrected chi connectivity index (χ2v) is 11.9. The topological polar surface area (TPSA) is 87.7 Å². The Hall–Kier alpha value is -2.22. The molecule has 2 N–H and O–H groups in total. The van der Waals surface area contributed by atoms with E-state index in [0.717, 1.165) is 49.7 Å². The van der Waals surface area contributed by atoms with E-state index < -0.39 is 29.3 Å². The second-order valence-electron chi connectivity index (χ2n) is 11.6. The predicted molar refractivity (Wildman–Crippen MR) is 154 cm³/mol. The minimum atomic E-state index is -0.936. The summed E-state index contributed by atoms with van der Waals surface area (Å²) in [5, 5.41) is 5.72. The molecule has 0 heterocycles. The molecule has 0 bridgehead atoms. The standard InChI is InChI=1S/C29H49N3O4S/c1-9-11-12-13-14-19-32(26(34)23(20-37)30-27(35)36-29(6,7)8)24(25(33)31-28(3,4)5)22-17-15-21(10-2)16-18-22/h15-18,23-24,37H,9-14,19-20H2,1-8H3,(H,30,35)(H,31,33). The Morgan fingerprint density at radius 1 is 0.946 bits per heavy atom. The fraction of sp³-hybridized carbons (Fsp3) is 0.690. The molecule has 2 atom stereocenters. The molecule has 0 aliphatic carbocycles. The number of hydrogen-bond acceptors (Lipinski definition) is 5. The van der Waals surface area contributed by atoms with Gasteiger partial charge < -0.3 is 20.3 Å². The first-order valence-corrected chi connectivity index (χ1v) is 14.2. The molecule has 1 aromatic rings. The van der Waals surface area contributed by atoms with Crippen LogP contribution in [0.2, 0.25) is 0 Å². The maximum absolute atomic E-state index is 13.9. The van der Waals surface area contributed by atoms with Gasteiger partial charge in [0.05, 0.1) is 0 Å². The van der Waals surface area contributed by atoms with Gasteiger partial charge in [-0.3, -0.25) is 9.59 Å². The van der Waals surface area contributed by atoms with Crippen LogP contribution in [0, 0.1) is 0 Å². The number of carbonyl (C=O) groups excluding carboxylic acids is 3. The summed E-state index contributed by atoms with van der Waals surface area (Å²) in [6, 6.07) is 6.04. The quantitative estimate of drug-likeness (QED) is 0.219. The molecule has 0 aromatic heterocycles. The molecule has 0 radical (unpaired) electrons. The first kappa shape index (κ1) is 32.8. The van der Waals surface area contributed by atoms with Crippen molar-refractivity contribution in [3.05, 3.63) is 35.4 Å². The van der Waals surface area contributed by atoms with Gasteiger partial charge in [0.25, 0.3) is 0 Å². The van der Waals surface area contributed by atoms with Gasteiger partial charge in [-0.2, -0.15) is 12.6 Å². The van der Waals surface area contributed by atoms with Crippen LogP contribution in [-0.4, -0.2) is 52.3 Å². The van der Waals surface area contributed by atoms with Crippen LogP contribution in [0.3, 0.4) is 0 Å². The average molecular weight is 536 g/mol. The normalized spacial score (nSPS) is 13.4. The van der Waals surface area contributed by atoms with Crippen molar-refractivity contribution in [3.63, 3.8) is 0 Å². The molecule has 0 aliphatic heterocycles. The molecule has 0 spiro atoms. The smallest absolute Gasteiger partial charge is 0.408 e. The maximum Gasteiger partial charge on any atom is 0.408 e. The number of rotatable bonds is 13. The van der Waals surface area contributed by atoms with Crippen molar-refractivity contribution in [3.8, 4) is 0 Å². The molecule has 37 heavy (non-hydrogen) atoms. The Morgan fingerprint density at radius 2 is 1.54 bits per heavy atom. The SMILES string of the molecule is CCCCCCCN(C(=O)C(CS)NC(=O)OC(C)(C)C)C(C(=O)NC(C)(C)C)c1ccc(CC)cc1. The predicted octanol–water partition coefficient (Wildman–Crippen LogP) is 5.83. The monoisotopic (exact) mass is 535 g/mol. The molecular weight excluding hydrogens is 486 g/mol. The zero-order valence-corrected chi connectivity index (χ0v) is 25.0. The summed E-state index contributed by atoms with van der Waals surface area (Å²) in [6.45, 7) is 15.7. The van der Waals surface area contributed by atoms with Crippen LogP contribution in [0.5, 0.6) is 0 Å². The number of hydrogen-bond donors (Lipinski definition) is 3. The highest BCUT2D eigenvalue weighted by Gasteiger charge is 2.36. The number of carbonyl (C=O) groups is 3. The molecule has 0 saturated carbocycles. The largest absolute Gasteiger partial charge is 0.444 e. The van der Waals surface area contributed by atoms with Gasteiger partial charge in [-0.25, -0.2) is 4.79 Å². The lowest BCUT2D eigenvalue weighted by Crippen LogP contribution is -2.55. The van der Waals surface area contributed by atoms with E-state index in [1.54, 1.807) is 25.7 Å². The lowest BCUT2D eigenvalue weighted by atomic mass is 9.98. The number of amides is 3. The summed E-state index contributed by atoms with van der Waals surface area (Å²) in [7, 11) is 0. The van der Waals surface area contributed by atoms with Gasteiger partial charge in [-0.05, 0) is 65.5 Å². The van der Waals surface area contributed by atoms with Gasteiger partial charge in [0, 0.05) is 17.8 Å². The van der Waals surface area contributed by atoms with Crippen LogP contribution >= 0.6 is 12.6 Å². The number of ether oxygens (including phenoxy) is 1. The molecule has 3 amide bonds. The van der Waals surface area contributed by atoms with Crippen molar-refractivity contribution < 1.29 is 19.1 Å². The summed E-state index contributed by atoms with van der Waals surface area (Å²) in [5.41, 5.74) is 0.697. The van der Waals surface area contributed by atoms with Crippen molar-refractivity contribution in [1.29, 1.82) is 0 Å². The van der Waals surface area contributed by atoms with E-state index in [-0.39, 0.29) is 17.6 Å². The van der Waals surface area contributed by atoms with E-state index in [9.17, 15) is 14.4 Å². The van der Waals surface area contributed by atoms with E-state index >= 15 is 0 Å². The third kappa shape index (κ3) is 12.2. The Balaban J connectivity index is 3.40. The van der Waals surface area contributed by atoms with Crippen LogP contribution in [0.4, 0.5) is 4.79 Å². The van der Waals surface area contributed by atoms with Crippen LogP contribution in [0.25, 0.3) is 0 Å². The van der Waals surface area contributed by atoms with Crippen molar-refractivity contribution in [2.75, 3.05) is 12.3 Å². The number of thiol groups is 1. The molecule has 2 unspecified atom stereocenters. The molecule has 210 valence electrons. The molecular formula is C29H49N3O4S. The molecule has 0 fully saturated rings. The molecule has 1 aromatic carbocycles. The van der Waals surface area contributed by atoms with Crippen molar-refractivity contribution in [2.45, 2.75) is 117 Å². The van der Waals surface area contributed by atoms with Gasteiger partial charge in [-0.1, -0.05) is 63.8 Å². The van der Waals surface area contributed by atoms with Gasteiger partial charge >= 0.3 is 6.09 Å². The number of benzene rings is 1.